The maximum atomic E-state index is 9.30. The first-order valence-electron chi connectivity index (χ1n) is 6.96. The van der Waals surface area contributed by atoms with Crippen LogP contribution in [0, 0.1) is 11.8 Å². The number of nitrogens with zero attached hydrogens (tertiary/aromatic N) is 4. The molecule has 100 valence electrons. The van der Waals surface area contributed by atoms with Gasteiger partial charge in [0.15, 0.2) is 0 Å². The van der Waals surface area contributed by atoms with Crippen molar-refractivity contribution in [3.8, 4) is 0 Å². The van der Waals surface area contributed by atoms with Crippen LogP contribution in [0.3, 0.4) is 0 Å². The number of likely N-dealkylation sites (tertiary alicyclic amines) is 1. The number of fused-ring (bicyclic) bond motifs is 1. The SMILES string of the molecule is CN1CCC(Cc2nnc3n2CC(CO)CC3)C1. The first-order chi connectivity index (χ1) is 8.76. The molecule has 1 fully saturated rings. The zero-order chi connectivity index (χ0) is 12.5. The Kier molecular flexibility index (Phi) is 3.35. The summed E-state index contributed by atoms with van der Waals surface area (Å²) < 4.78 is 2.25. The van der Waals surface area contributed by atoms with Gasteiger partial charge in [0.05, 0.1) is 0 Å². The number of aryl methyl sites for hydroxylation is 1. The van der Waals surface area contributed by atoms with Gasteiger partial charge in [0.1, 0.15) is 11.6 Å². The molecular weight excluding hydrogens is 228 g/mol. The number of aliphatic hydroxyl groups is 1. The van der Waals surface area contributed by atoms with Crippen molar-refractivity contribution in [2.45, 2.75) is 32.2 Å². The van der Waals surface area contributed by atoms with Gasteiger partial charge in [-0.05, 0) is 32.4 Å². The molecule has 2 aliphatic rings. The average molecular weight is 250 g/mol. The predicted octanol–water partition coefficient (Wildman–Crippen LogP) is 0.327. The fraction of sp³-hybridized carbons (Fsp3) is 0.846. The molecule has 0 saturated carbocycles. The molecule has 0 radical (unpaired) electrons. The van der Waals surface area contributed by atoms with E-state index in [0.29, 0.717) is 5.92 Å². The van der Waals surface area contributed by atoms with E-state index in [-0.39, 0.29) is 6.61 Å². The molecule has 1 aromatic heterocycles. The highest BCUT2D eigenvalue weighted by Gasteiger charge is 2.26. The highest BCUT2D eigenvalue weighted by molar-refractivity contribution is 5.01. The summed E-state index contributed by atoms with van der Waals surface area (Å²) in [7, 11) is 2.18. The monoisotopic (exact) mass is 250 g/mol. The average Bonchev–Trinajstić information content (AvgIpc) is 2.96. The second kappa shape index (κ2) is 4.97. The third kappa shape index (κ3) is 2.29. The van der Waals surface area contributed by atoms with Crippen LogP contribution in [0.15, 0.2) is 0 Å². The lowest BCUT2D eigenvalue weighted by molar-refractivity contribution is 0.189. The van der Waals surface area contributed by atoms with Gasteiger partial charge in [-0.25, -0.2) is 0 Å². The molecule has 5 heteroatoms. The van der Waals surface area contributed by atoms with Crippen molar-refractivity contribution in [3.63, 3.8) is 0 Å². The van der Waals surface area contributed by atoms with Crippen molar-refractivity contribution in [3.05, 3.63) is 11.6 Å². The molecule has 0 aromatic carbocycles. The van der Waals surface area contributed by atoms with Crippen molar-refractivity contribution in [1.82, 2.24) is 19.7 Å². The lowest BCUT2D eigenvalue weighted by Crippen LogP contribution is -2.25. The maximum Gasteiger partial charge on any atom is 0.133 e. The summed E-state index contributed by atoms with van der Waals surface area (Å²) in [6.45, 7) is 3.55. The zero-order valence-electron chi connectivity index (χ0n) is 11.0. The lowest BCUT2D eigenvalue weighted by Gasteiger charge is -2.23. The Labute approximate surface area is 108 Å². The summed E-state index contributed by atoms with van der Waals surface area (Å²) in [4.78, 5) is 2.38. The van der Waals surface area contributed by atoms with Gasteiger partial charge in [-0.3, -0.25) is 0 Å². The van der Waals surface area contributed by atoms with Crippen molar-refractivity contribution in [1.29, 1.82) is 0 Å². The smallest absolute Gasteiger partial charge is 0.133 e. The molecule has 1 aromatic rings. The van der Waals surface area contributed by atoms with Crippen molar-refractivity contribution in [2.75, 3.05) is 26.7 Å². The molecule has 1 N–H and O–H groups in total. The van der Waals surface area contributed by atoms with Gasteiger partial charge in [-0.15, -0.1) is 10.2 Å². The standard InChI is InChI=1S/C13H22N4O/c1-16-5-4-10(7-16)6-13-15-14-12-3-2-11(9-18)8-17(12)13/h10-11,18H,2-9H2,1H3. The van der Waals surface area contributed by atoms with Crippen LogP contribution in [0.5, 0.6) is 0 Å². The van der Waals surface area contributed by atoms with E-state index in [1.165, 1.54) is 19.5 Å². The van der Waals surface area contributed by atoms with E-state index in [1.807, 2.05) is 0 Å². The second-order valence-electron chi connectivity index (χ2n) is 5.85. The van der Waals surface area contributed by atoms with Crippen LogP contribution >= 0.6 is 0 Å². The van der Waals surface area contributed by atoms with Crippen molar-refractivity contribution in [2.24, 2.45) is 11.8 Å². The number of aromatic nitrogens is 3. The van der Waals surface area contributed by atoms with E-state index in [1.54, 1.807) is 0 Å². The minimum absolute atomic E-state index is 0.281. The molecular formula is C13H22N4O. The Bertz CT molecular complexity index is 417. The Balaban J connectivity index is 1.72. The Hall–Kier alpha value is -0.940. The van der Waals surface area contributed by atoms with Gasteiger partial charge < -0.3 is 14.6 Å². The maximum absolute atomic E-state index is 9.30. The van der Waals surface area contributed by atoms with E-state index in [4.69, 9.17) is 0 Å². The molecule has 0 aliphatic carbocycles. The van der Waals surface area contributed by atoms with E-state index < -0.39 is 0 Å². The largest absolute Gasteiger partial charge is 0.396 e. The molecule has 0 spiro atoms. The highest BCUT2D eigenvalue weighted by atomic mass is 16.3. The van der Waals surface area contributed by atoms with Gasteiger partial charge in [0.25, 0.3) is 0 Å². The van der Waals surface area contributed by atoms with E-state index in [9.17, 15) is 5.11 Å². The minimum Gasteiger partial charge on any atom is -0.396 e. The van der Waals surface area contributed by atoms with Crippen LogP contribution in [-0.2, 0) is 19.4 Å². The van der Waals surface area contributed by atoms with E-state index >= 15 is 0 Å². The van der Waals surface area contributed by atoms with Crippen LogP contribution in [0.25, 0.3) is 0 Å². The molecule has 0 amide bonds. The van der Waals surface area contributed by atoms with Crippen LogP contribution in [-0.4, -0.2) is 51.5 Å². The molecule has 5 nitrogen and oxygen atoms in total. The van der Waals surface area contributed by atoms with Crippen molar-refractivity contribution < 1.29 is 5.11 Å². The zero-order valence-corrected chi connectivity index (χ0v) is 11.0. The quantitative estimate of drug-likeness (QED) is 0.840. The first-order valence-corrected chi connectivity index (χ1v) is 6.96. The number of hydrogen-bond acceptors (Lipinski definition) is 4. The fourth-order valence-electron chi connectivity index (χ4n) is 3.20. The lowest BCUT2D eigenvalue weighted by atomic mass is 9.99. The molecule has 18 heavy (non-hydrogen) atoms. The number of rotatable bonds is 3. The van der Waals surface area contributed by atoms with Crippen LogP contribution in [0.1, 0.15) is 24.5 Å². The van der Waals surface area contributed by atoms with Gasteiger partial charge in [0.2, 0.25) is 0 Å². The van der Waals surface area contributed by atoms with Gasteiger partial charge in [0, 0.05) is 38.5 Å². The number of aliphatic hydroxyl groups excluding tert-OH is 1. The summed E-state index contributed by atoms with van der Waals surface area (Å²) in [5, 5.41) is 18.0. The normalized spacial score (nSPS) is 28.6. The van der Waals surface area contributed by atoms with Gasteiger partial charge in [-0.2, -0.15) is 0 Å². The molecule has 2 aliphatic heterocycles. The van der Waals surface area contributed by atoms with Crippen LogP contribution in [0.2, 0.25) is 0 Å². The fourth-order valence-corrected chi connectivity index (χ4v) is 3.20. The summed E-state index contributed by atoms with van der Waals surface area (Å²) in [5.74, 6) is 3.35. The minimum atomic E-state index is 0.281. The van der Waals surface area contributed by atoms with Crippen molar-refractivity contribution >= 4 is 0 Å². The topological polar surface area (TPSA) is 54.2 Å². The first kappa shape index (κ1) is 12.1. The molecule has 2 atom stereocenters. The highest BCUT2D eigenvalue weighted by Crippen LogP contribution is 2.23. The number of hydrogen-bond donors (Lipinski definition) is 1. The predicted molar refractivity (Wildman–Crippen MR) is 68.2 cm³/mol. The van der Waals surface area contributed by atoms with Gasteiger partial charge in [-0.1, -0.05) is 0 Å². The summed E-state index contributed by atoms with van der Waals surface area (Å²) in [6, 6.07) is 0. The summed E-state index contributed by atoms with van der Waals surface area (Å²) in [5.41, 5.74) is 0. The molecule has 1 saturated heterocycles. The molecule has 2 unspecified atom stereocenters. The molecule has 3 rings (SSSR count). The summed E-state index contributed by atoms with van der Waals surface area (Å²) >= 11 is 0. The third-order valence-corrected chi connectivity index (χ3v) is 4.34. The second-order valence-corrected chi connectivity index (χ2v) is 5.85. The molecule has 3 heterocycles. The van der Waals surface area contributed by atoms with E-state index in [0.717, 1.165) is 43.4 Å². The Morgan fingerprint density at radius 2 is 2.11 bits per heavy atom. The van der Waals surface area contributed by atoms with Crippen LogP contribution in [0.4, 0.5) is 0 Å². The van der Waals surface area contributed by atoms with Gasteiger partial charge >= 0.3 is 0 Å². The third-order valence-electron chi connectivity index (χ3n) is 4.34. The Morgan fingerprint density at radius 1 is 1.22 bits per heavy atom. The van der Waals surface area contributed by atoms with Crippen LogP contribution < -0.4 is 0 Å². The summed E-state index contributed by atoms with van der Waals surface area (Å²) in [6.07, 6.45) is 4.31. The molecule has 0 bridgehead atoms. The Morgan fingerprint density at radius 3 is 2.83 bits per heavy atom. The van der Waals surface area contributed by atoms with E-state index in [2.05, 4.69) is 26.7 Å².